The third-order valence-corrected chi connectivity index (χ3v) is 3.14. The van der Waals surface area contributed by atoms with E-state index in [-0.39, 0.29) is 0 Å². The van der Waals surface area contributed by atoms with E-state index < -0.39 is 0 Å². The van der Waals surface area contributed by atoms with Crippen LogP contribution in [0.5, 0.6) is 0 Å². The maximum Gasteiger partial charge on any atom is 0.145 e. The van der Waals surface area contributed by atoms with E-state index in [9.17, 15) is 0 Å². The zero-order chi connectivity index (χ0) is 13.5. The lowest BCUT2D eigenvalue weighted by atomic mass is 10.2. The van der Waals surface area contributed by atoms with Gasteiger partial charge in [0.1, 0.15) is 17.5 Å². The molecule has 18 heavy (non-hydrogen) atoms. The molecule has 102 valence electrons. The Labute approximate surface area is 110 Å². The zero-order valence-electron chi connectivity index (χ0n) is 11.9. The summed E-state index contributed by atoms with van der Waals surface area (Å²) in [5.41, 5.74) is 2.62. The van der Waals surface area contributed by atoms with Gasteiger partial charge in [-0.05, 0) is 26.7 Å². The largest absolute Gasteiger partial charge is 0.354 e. The van der Waals surface area contributed by atoms with Gasteiger partial charge in [0.2, 0.25) is 0 Å². The normalized spacial score (nSPS) is 12.3. The molecule has 0 amide bonds. The van der Waals surface area contributed by atoms with Crippen LogP contribution in [0.15, 0.2) is 6.07 Å². The van der Waals surface area contributed by atoms with Crippen LogP contribution in [0.1, 0.15) is 46.4 Å². The third kappa shape index (κ3) is 3.57. The third-order valence-electron chi connectivity index (χ3n) is 3.14. The van der Waals surface area contributed by atoms with Gasteiger partial charge in [0.05, 0.1) is 0 Å². The second-order valence-electron chi connectivity index (χ2n) is 4.47. The van der Waals surface area contributed by atoms with Gasteiger partial charge in [-0.1, -0.05) is 13.8 Å². The molecular formula is C13H25N5. The molecule has 0 saturated heterocycles. The van der Waals surface area contributed by atoms with E-state index in [1.165, 1.54) is 0 Å². The van der Waals surface area contributed by atoms with Crippen molar-refractivity contribution in [1.82, 2.24) is 9.97 Å². The van der Waals surface area contributed by atoms with E-state index in [4.69, 9.17) is 5.84 Å². The highest BCUT2D eigenvalue weighted by molar-refractivity contribution is 5.49. The number of nitrogens with two attached hydrogens (primary N) is 1. The number of nitrogens with zero attached hydrogens (tertiary/aromatic N) is 3. The van der Waals surface area contributed by atoms with Crippen molar-refractivity contribution in [3.63, 3.8) is 0 Å². The van der Waals surface area contributed by atoms with Crippen molar-refractivity contribution < 1.29 is 0 Å². The van der Waals surface area contributed by atoms with E-state index in [0.29, 0.717) is 11.9 Å². The molecule has 0 fully saturated rings. The molecule has 1 aromatic rings. The van der Waals surface area contributed by atoms with Crippen LogP contribution < -0.4 is 16.2 Å². The first kappa shape index (κ1) is 14.7. The molecule has 0 bridgehead atoms. The highest BCUT2D eigenvalue weighted by Gasteiger charge is 2.14. The van der Waals surface area contributed by atoms with Gasteiger partial charge in [-0.25, -0.2) is 15.8 Å². The lowest BCUT2D eigenvalue weighted by molar-refractivity contribution is 0.620. The van der Waals surface area contributed by atoms with Crippen LogP contribution >= 0.6 is 0 Å². The maximum absolute atomic E-state index is 5.48. The smallest absolute Gasteiger partial charge is 0.145 e. The number of aromatic nitrogens is 2. The number of hydrogen-bond acceptors (Lipinski definition) is 5. The first-order chi connectivity index (χ1) is 8.65. The molecule has 5 nitrogen and oxygen atoms in total. The Balaban J connectivity index is 3.08. The maximum atomic E-state index is 5.48. The van der Waals surface area contributed by atoms with Crippen LogP contribution in [0.25, 0.3) is 0 Å². The first-order valence-corrected chi connectivity index (χ1v) is 6.77. The van der Waals surface area contributed by atoms with Crippen LogP contribution in [-0.4, -0.2) is 22.6 Å². The molecule has 0 aliphatic carbocycles. The van der Waals surface area contributed by atoms with Crippen molar-refractivity contribution >= 4 is 11.6 Å². The summed E-state index contributed by atoms with van der Waals surface area (Å²) < 4.78 is 0. The van der Waals surface area contributed by atoms with Gasteiger partial charge in [0.15, 0.2) is 0 Å². The van der Waals surface area contributed by atoms with Gasteiger partial charge in [0.25, 0.3) is 0 Å². The highest BCUT2D eigenvalue weighted by atomic mass is 15.3. The Kier molecular flexibility index (Phi) is 5.85. The predicted octanol–water partition coefficient (Wildman–Crippen LogP) is 2.34. The fourth-order valence-corrected chi connectivity index (χ4v) is 1.96. The van der Waals surface area contributed by atoms with Gasteiger partial charge in [-0.15, -0.1) is 0 Å². The van der Waals surface area contributed by atoms with Crippen LogP contribution in [0.2, 0.25) is 0 Å². The summed E-state index contributed by atoms with van der Waals surface area (Å²) in [6.45, 7) is 9.59. The molecule has 5 heteroatoms. The summed E-state index contributed by atoms with van der Waals surface area (Å²) in [5, 5.41) is 0. The topological polar surface area (TPSA) is 67.1 Å². The number of rotatable bonds is 7. The summed E-state index contributed by atoms with van der Waals surface area (Å²) in [4.78, 5) is 11.3. The van der Waals surface area contributed by atoms with Gasteiger partial charge in [-0.3, -0.25) is 0 Å². The molecule has 3 N–H and O–H groups in total. The second-order valence-corrected chi connectivity index (χ2v) is 4.47. The lowest BCUT2D eigenvalue weighted by Crippen LogP contribution is -2.33. The molecule has 0 saturated carbocycles. The number of anilines is 2. The van der Waals surface area contributed by atoms with Crippen LogP contribution in [0.4, 0.5) is 11.6 Å². The quantitative estimate of drug-likeness (QED) is 0.575. The van der Waals surface area contributed by atoms with Crippen LogP contribution in [-0.2, 0) is 6.42 Å². The SMILES string of the molecule is CCCc1nc(NN)cc(N(CC)C(C)CC)n1. The van der Waals surface area contributed by atoms with E-state index in [1.807, 2.05) is 6.07 Å². The Morgan fingerprint density at radius 2 is 2.06 bits per heavy atom. The molecule has 0 spiro atoms. The first-order valence-electron chi connectivity index (χ1n) is 6.77. The molecule has 0 aliphatic rings. The lowest BCUT2D eigenvalue weighted by Gasteiger charge is -2.28. The van der Waals surface area contributed by atoms with E-state index in [0.717, 1.165) is 37.4 Å². The second kappa shape index (κ2) is 7.16. The van der Waals surface area contributed by atoms with Gasteiger partial charge in [0, 0.05) is 25.1 Å². The Morgan fingerprint density at radius 3 is 2.56 bits per heavy atom. The molecule has 1 aromatic heterocycles. The zero-order valence-corrected chi connectivity index (χ0v) is 11.9. The van der Waals surface area contributed by atoms with Crippen LogP contribution in [0, 0.1) is 0 Å². The van der Waals surface area contributed by atoms with Gasteiger partial charge < -0.3 is 10.3 Å². The summed E-state index contributed by atoms with van der Waals surface area (Å²) in [6, 6.07) is 2.37. The Hall–Kier alpha value is -1.36. The summed E-state index contributed by atoms with van der Waals surface area (Å²) in [7, 11) is 0. The number of aryl methyl sites for hydroxylation is 1. The van der Waals surface area contributed by atoms with Crippen molar-refractivity contribution in [3.8, 4) is 0 Å². The predicted molar refractivity (Wildman–Crippen MR) is 76.6 cm³/mol. The molecule has 0 aliphatic heterocycles. The van der Waals surface area contributed by atoms with Gasteiger partial charge >= 0.3 is 0 Å². The molecule has 1 unspecified atom stereocenters. The average Bonchev–Trinajstić information content (AvgIpc) is 2.39. The minimum absolute atomic E-state index is 0.463. The van der Waals surface area contributed by atoms with Crippen molar-refractivity contribution in [3.05, 3.63) is 11.9 Å². The van der Waals surface area contributed by atoms with E-state index in [1.54, 1.807) is 0 Å². The Morgan fingerprint density at radius 1 is 1.33 bits per heavy atom. The minimum atomic E-state index is 0.463. The van der Waals surface area contributed by atoms with Crippen molar-refractivity contribution in [2.45, 2.75) is 53.0 Å². The summed E-state index contributed by atoms with van der Waals surface area (Å²) in [6.07, 6.45) is 3.00. The number of hydrogen-bond donors (Lipinski definition) is 2. The molecule has 0 aromatic carbocycles. The van der Waals surface area contributed by atoms with Gasteiger partial charge in [-0.2, -0.15) is 0 Å². The average molecular weight is 251 g/mol. The van der Waals surface area contributed by atoms with Crippen molar-refractivity contribution in [2.24, 2.45) is 5.84 Å². The standard InChI is InChI=1S/C13H25N5/c1-5-8-11-15-12(17-14)9-13(16-11)18(7-3)10(4)6-2/h9-10H,5-8,14H2,1-4H3,(H,15,16,17). The molecule has 1 rings (SSSR count). The fourth-order valence-electron chi connectivity index (χ4n) is 1.96. The monoisotopic (exact) mass is 251 g/mol. The molecule has 0 radical (unpaired) electrons. The summed E-state index contributed by atoms with van der Waals surface area (Å²) in [5.74, 6) is 7.97. The van der Waals surface area contributed by atoms with Crippen molar-refractivity contribution in [1.29, 1.82) is 0 Å². The molecule has 1 atom stereocenters. The fraction of sp³-hybridized carbons (Fsp3) is 0.692. The number of nitrogen functional groups attached to an aromatic ring is 1. The summed E-state index contributed by atoms with van der Waals surface area (Å²) >= 11 is 0. The van der Waals surface area contributed by atoms with E-state index >= 15 is 0 Å². The highest BCUT2D eigenvalue weighted by Crippen LogP contribution is 2.19. The number of hydrazine groups is 1. The van der Waals surface area contributed by atoms with E-state index in [2.05, 4.69) is 48.0 Å². The Bertz CT molecular complexity index is 366. The van der Waals surface area contributed by atoms with Crippen LogP contribution in [0.3, 0.4) is 0 Å². The molecule has 1 heterocycles. The van der Waals surface area contributed by atoms with Crippen molar-refractivity contribution in [2.75, 3.05) is 16.9 Å². The molecular weight excluding hydrogens is 226 g/mol. The number of nitrogens with one attached hydrogen (secondary N) is 1. The minimum Gasteiger partial charge on any atom is -0.354 e.